The van der Waals surface area contributed by atoms with E-state index < -0.39 is 0 Å². The molecule has 0 spiro atoms. The van der Waals surface area contributed by atoms with Crippen LogP contribution in [0, 0.1) is 0 Å². The van der Waals surface area contributed by atoms with Crippen LogP contribution in [0.25, 0.3) is 11.1 Å². The van der Waals surface area contributed by atoms with Gasteiger partial charge in [0.15, 0.2) is 0 Å². The minimum absolute atomic E-state index is 0.0715. The van der Waals surface area contributed by atoms with Gasteiger partial charge in [-0.2, -0.15) is 0 Å². The van der Waals surface area contributed by atoms with E-state index in [-0.39, 0.29) is 12.5 Å². The summed E-state index contributed by atoms with van der Waals surface area (Å²) in [5, 5.41) is 11.5. The third kappa shape index (κ3) is 4.09. The van der Waals surface area contributed by atoms with Crippen molar-refractivity contribution in [3.8, 4) is 16.9 Å². The fourth-order valence-electron chi connectivity index (χ4n) is 2.20. The first-order valence-electron chi connectivity index (χ1n) is 7.47. The topological polar surface area (TPSA) is 58.6 Å². The third-order valence-corrected chi connectivity index (χ3v) is 3.24. The van der Waals surface area contributed by atoms with Crippen LogP contribution in [0.2, 0.25) is 0 Å². The molecule has 1 amide bonds. The van der Waals surface area contributed by atoms with Crippen LogP contribution in [0.4, 0.5) is 0 Å². The maximum Gasteiger partial charge on any atom is 0.251 e. The highest BCUT2D eigenvalue weighted by atomic mass is 16.5. The number of aliphatic hydroxyl groups is 1. The molecule has 22 heavy (non-hydrogen) atoms. The number of carbonyl (C=O) groups is 1. The lowest BCUT2D eigenvalue weighted by Gasteiger charge is -2.11. The summed E-state index contributed by atoms with van der Waals surface area (Å²) in [7, 11) is 0. The summed E-state index contributed by atoms with van der Waals surface area (Å²) in [6.45, 7) is 3.08. The van der Waals surface area contributed by atoms with Crippen molar-refractivity contribution in [1.82, 2.24) is 5.32 Å². The molecule has 2 aromatic rings. The van der Waals surface area contributed by atoms with E-state index in [2.05, 4.69) is 5.32 Å². The maximum absolute atomic E-state index is 12.1. The van der Waals surface area contributed by atoms with Crippen molar-refractivity contribution in [1.29, 1.82) is 0 Å². The Morgan fingerprint density at radius 2 is 2.00 bits per heavy atom. The molecule has 0 aliphatic carbocycles. The standard InChI is InChI=1S/C18H21NO3/c1-2-22-17-10-4-3-9-16(17)14-7-5-8-15(13-14)18(21)19-11-6-12-20/h3-5,7-10,13,20H,2,6,11-12H2,1H3,(H,19,21). The number of amides is 1. The van der Waals surface area contributed by atoms with Gasteiger partial charge in [-0.05, 0) is 37.1 Å². The number of aliphatic hydroxyl groups excluding tert-OH is 1. The van der Waals surface area contributed by atoms with E-state index in [0.29, 0.717) is 25.1 Å². The number of benzene rings is 2. The van der Waals surface area contributed by atoms with Gasteiger partial charge in [0.25, 0.3) is 5.91 Å². The summed E-state index contributed by atoms with van der Waals surface area (Å²) < 4.78 is 5.64. The van der Waals surface area contributed by atoms with E-state index in [4.69, 9.17) is 9.84 Å². The Hall–Kier alpha value is -2.33. The van der Waals surface area contributed by atoms with Crippen LogP contribution in [0.5, 0.6) is 5.75 Å². The lowest BCUT2D eigenvalue weighted by Crippen LogP contribution is -2.24. The van der Waals surface area contributed by atoms with Gasteiger partial charge in [-0.1, -0.05) is 30.3 Å². The van der Waals surface area contributed by atoms with Crippen molar-refractivity contribution in [2.75, 3.05) is 19.8 Å². The molecule has 0 heterocycles. The van der Waals surface area contributed by atoms with Gasteiger partial charge < -0.3 is 15.2 Å². The minimum Gasteiger partial charge on any atom is -0.493 e. The fraction of sp³-hybridized carbons (Fsp3) is 0.278. The van der Waals surface area contributed by atoms with Crippen molar-refractivity contribution in [2.24, 2.45) is 0 Å². The molecule has 0 aliphatic heterocycles. The highest BCUT2D eigenvalue weighted by Gasteiger charge is 2.09. The molecule has 2 aromatic carbocycles. The number of carbonyl (C=O) groups excluding carboxylic acids is 1. The number of ether oxygens (including phenoxy) is 1. The molecule has 116 valence electrons. The number of hydrogen-bond donors (Lipinski definition) is 2. The molecule has 0 bridgehead atoms. The zero-order chi connectivity index (χ0) is 15.8. The first-order valence-corrected chi connectivity index (χ1v) is 7.47. The SMILES string of the molecule is CCOc1ccccc1-c1cccc(C(=O)NCCCO)c1. The maximum atomic E-state index is 12.1. The molecule has 0 atom stereocenters. The van der Waals surface area contributed by atoms with E-state index >= 15 is 0 Å². The molecule has 0 saturated carbocycles. The van der Waals surface area contributed by atoms with Gasteiger partial charge in [-0.15, -0.1) is 0 Å². The second-order valence-corrected chi connectivity index (χ2v) is 4.84. The highest BCUT2D eigenvalue weighted by molar-refractivity contribution is 5.95. The highest BCUT2D eigenvalue weighted by Crippen LogP contribution is 2.30. The van der Waals surface area contributed by atoms with Gasteiger partial charge in [0.2, 0.25) is 0 Å². The Bertz CT molecular complexity index is 625. The number of rotatable bonds is 7. The number of para-hydroxylation sites is 1. The smallest absolute Gasteiger partial charge is 0.251 e. The minimum atomic E-state index is -0.135. The number of hydrogen-bond acceptors (Lipinski definition) is 3. The molecular formula is C18H21NO3. The summed E-state index contributed by atoms with van der Waals surface area (Å²) in [5.74, 6) is 0.673. The summed E-state index contributed by atoms with van der Waals surface area (Å²) >= 11 is 0. The van der Waals surface area contributed by atoms with Gasteiger partial charge in [-0.3, -0.25) is 4.79 Å². The summed E-state index contributed by atoms with van der Waals surface area (Å²) in [4.78, 5) is 12.1. The Labute approximate surface area is 130 Å². The molecule has 0 aromatic heterocycles. The average molecular weight is 299 g/mol. The van der Waals surface area contributed by atoms with E-state index in [0.717, 1.165) is 16.9 Å². The zero-order valence-electron chi connectivity index (χ0n) is 12.7. The van der Waals surface area contributed by atoms with Crippen molar-refractivity contribution in [2.45, 2.75) is 13.3 Å². The van der Waals surface area contributed by atoms with Crippen molar-refractivity contribution in [3.63, 3.8) is 0 Å². The van der Waals surface area contributed by atoms with Crippen LogP contribution >= 0.6 is 0 Å². The van der Waals surface area contributed by atoms with Gasteiger partial charge in [0, 0.05) is 24.3 Å². The largest absolute Gasteiger partial charge is 0.493 e. The predicted molar refractivity (Wildman–Crippen MR) is 87.1 cm³/mol. The van der Waals surface area contributed by atoms with Crippen molar-refractivity contribution in [3.05, 3.63) is 54.1 Å². The lowest BCUT2D eigenvalue weighted by atomic mass is 10.0. The number of nitrogens with one attached hydrogen (secondary N) is 1. The molecule has 4 nitrogen and oxygen atoms in total. The molecular weight excluding hydrogens is 278 g/mol. The van der Waals surface area contributed by atoms with Gasteiger partial charge in [0.1, 0.15) is 5.75 Å². The molecule has 0 fully saturated rings. The second-order valence-electron chi connectivity index (χ2n) is 4.84. The van der Waals surface area contributed by atoms with Gasteiger partial charge >= 0.3 is 0 Å². The third-order valence-electron chi connectivity index (χ3n) is 3.24. The Morgan fingerprint density at radius 3 is 2.77 bits per heavy atom. The Morgan fingerprint density at radius 1 is 1.18 bits per heavy atom. The molecule has 0 radical (unpaired) electrons. The average Bonchev–Trinajstić information content (AvgIpc) is 2.56. The van der Waals surface area contributed by atoms with Gasteiger partial charge in [0.05, 0.1) is 6.61 Å². The lowest BCUT2D eigenvalue weighted by molar-refractivity contribution is 0.0951. The second kappa shape index (κ2) is 8.20. The summed E-state index contributed by atoms with van der Waals surface area (Å²) in [6.07, 6.45) is 0.554. The van der Waals surface area contributed by atoms with Gasteiger partial charge in [-0.25, -0.2) is 0 Å². The molecule has 2 rings (SSSR count). The predicted octanol–water partition coefficient (Wildman–Crippen LogP) is 2.86. The first-order chi connectivity index (χ1) is 10.8. The van der Waals surface area contributed by atoms with Crippen molar-refractivity contribution >= 4 is 5.91 Å². The van der Waals surface area contributed by atoms with Crippen molar-refractivity contribution < 1.29 is 14.6 Å². The molecule has 4 heteroatoms. The normalized spacial score (nSPS) is 10.3. The van der Waals surface area contributed by atoms with E-state index in [1.807, 2.05) is 49.4 Å². The van der Waals surface area contributed by atoms with E-state index in [1.54, 1.807) is 6.07 Å². The van der Waals surface area contributed by atoms with Crippen LogP contribution in [0.15, 0.2) is 48.5 Å². The molecule has 2 N–H and O–H groups in total. The van der Waals surface area contributed by atoms with Crippen LogP contribution < -0.4 is 10.1 Å². The van der Waals surface area contributed by atoms with E-state index in [1.165, 1.54) is 0 Å². The van der Waals surface area contributed by atoms with Crippen LogP contribution in [0.1, 0.15) is 23.7 Å². The molecule has 0 aliphatic rings. The Kier molecular flexibility index (Phi) is 5.98. The van der Waals surface area contributed by atoms with Crippen LogP contribution in [0.3, 0.4) is 0 Å². The van der Waals surface area contributed by atoms with Crippen LogP contribution in [-0.2, 0) is 0 Å². The monoisotopic (exact) mass is 299 g/mol. The summed E-state index contributed by atoms with van der Waals surface area (Å²) in [5.41, 5.74) is 2.51. The zero-order valence-corrected chi connectivity index (χ0v) is 12.7. The summed E-state index contributed by atoms with van der Waals surface area (Å²) in [6, 6.07) is 15.2. The van der Waals surface area contributed by atoms with Crippen LogP contribution in [-0.4, -0.2) is 30.8 Å². The molecule has 0 saturated heterocycles. The Balaban J connectivity index is 2.23. The first kappa shape index (κ1) is 16.0. The molecule has 0 unspecified atom stereocenters. The quantitative estimate of drug-likeness (QED) is 0.773. The van der Waals surface area contributed by atoms with E-state index in [9.17, 15) is 4.79 Å². The fourth-order valence-corrected chi connectivity index (χ4v) is 2.20.